The summed E-state index contributed by atoms with van der Waals surface area (Å²) in [5, 5.41) is 0. The van der Waals surface area contributed by atoms with Crippen molar-refractivity contribution in [3.63, 3.8) is 0 Å². The van der Waals surface area contributed by atoms with Crippen molar-refractivity contribution < 1.29 is 0 Å². The van der Waals surface area contributed by atoms with Crippen LogP contribution in [0.1, 0.15) is 24.0 Å². The predicted molar refractivity (Wildman–Crippen MR) is 37.4 cm³/mol. The predicted octanol–water partition coefficient (Wildman–Crippen LogP) is 2.15. The molecule has 0 heteroatoms. The molecule has 0 heterocycles. The Hall–Kier alpha value is -0.780. The van der Waals surface area contributed by atoms with Gasteiger partial charge in [-0.15, -0.1) is 0 Å². The second-order valence-corrected chi connectivity index (χ2v) is 2.73. The molecule has 2 rings (SSSR count). The number of rotatable bonds is 0. The summed E-state index contributed by atoms with van der Waals surface area (Å²) in [7, 11) is 0. The Morgan fingerprint density at radius 1 is 1.67 bits per heavy atom. The molecule has 0 amide bonds. The third kappa shape index (κ3) is 0.593. The van der Waals surface area contributed by atoms with Crippen LogP contribution in [-0.2, 0) is 6.42 Å². The number of fused-ring (bicyclic) bond motifs is 1. The van der Waals surface area contributed by atoms with Crippen LogP contribution in [0.4, 0.5) is 0 Å². The first kappa shape index (κ1) is 5.04. The average molecular weight is 117 g/mol. The van der Waals surface area contributed by atoms with Crippen molar-refractivity contribution in [2.45, 2.75) is 19.3 Å². The summed E-state index contributed by atoms with van der Waals surface area (Å²) < 4.78 is 0. The molecule has 0 fully saturated rings. The molecule has 1 aromatic rings. The van der Waals surface area contributed by atoms with Crippen LogP contribution in [0.15, 0.2) is 18.2 Å². The highest BCUT2D eigenvalue weighted by molar-refractivity contribution is 5.38. The van der Waals surface area contributed by atoms with Gasteiger partial charge in [0.2, 0.25) is 0 Å². The Kier molecular flexibility index (Phi) is 0.895. The van der Waals surface area contributed by atoms with E-state index in [9.17, 15) is 0 Å². The van der Waals surface area contributed by atoms with Crippen molar-refractivity contribution in [1.29, 1.82) is 0 Å². The van der Waals surface area contributed by atoms with Gasteiger partial charge >= 0.3 is 0 Å². The average Bonchev–Trinajstić information content (AvgIpc) is 1.86. The second kappa shape index (κ2) is 1.60. The first-order chi connectivity index (χ1) is 4.38. The maximum atomic E-state index is 3.07. The van der Waals surface area contributed by atoms with Crippen molar-refractivity contribution in [3.8, 4) is 0 Å². The third-order valence-corrected chi connectivity index (χ3v) is 2.04. The lowest BCUT2D eigenvalue weighted by Crippen LogP contribution is -2.12. The zero-order valence-electron chi connectivity index (χ0n) is 5.52. The number of hydrogen-bond donors (Lipinski definition) is 0. The molecule has 9 heavy (non-hydrogen) atoms. The van der Waals surface area contributed by atoms with E-state index in [0.29, 0.717) is 0 Å². The van der Waals surface area contributed by atoms with Gasteiger partial charge < -0.3 is 0 Å². The fraction of sp³-hybridized carbons (Fsp3) is 0.333. The summed E-state index contributed by atoms with van der Waals surface area (Å²) in [6.07, 6.45) is 1.26. The fourth-order valence-corrected chi connectivity index (χ4v) is 1.44. The molecule has 0 bridgehead atoms. The van der Waals surface area contributed by atoms with Crippen molar-refractivity contribution in [2.75, 3.05) is 0 Å². The van der Waals surface area contributed by atoms with E-state index in [1.165, 1.54) is 17.5 Å². The zero-order valence-corrected chi connectivity index (χ0v) is 5.52. The minimum Gasteiger partial charge on any atom is -0.0581 e. The van der Waals surface area contributed by atoms with Crippen molar-refractivity contribution in [2.24, 2.45) is 0 Å². The van der Waals surface area contributed by atoms with E-state index in [1.54, 1.807) is 0 Å². The van der Waals surface area contributed by atoms with Crippen molar-refractivity contribution >= 4 is 0 Å². The molecule has 0 nitrogen and oxygen atoms in total. The minimum atomic E-state index is 0.801. The molecule has 1 aromatic carbocycles. The molecule has 1 atom stereocenters. The van der Waals surface area contributed by atoms with Gasteiger partial charge in [0, 0.05) is 0 Å². The lowest BCUT2D eigenvalue weighted by molar-refractivity contribution is 0.667. The molecule has 0 aliphatic heterocycles. The minimum absolute atomic E-state index is 0.801. The zero-order chi connectivity index (χ0) is 6.27. The summed E-state index contributed by atoms with van der Waals surface area (Å²) in [5.41, 5.74) is 3.01. The summed E-state index contributed by atoms with van der Waals surface area (Å²) in [5.74, 6) is 0.801. The van der Waals surface area contributed by atoms with Crippen LogP contribution in [0.2, 0.25) is 0 Å². The van der Waals surface area contributed by atoms with Crippen LogP contribution in [-0.4, -0.2) is 0 Å². The molecular formula is C9H9. The van der Waals surface area contributed by atoms with Crippen LogP contribution >= 0.6 is 0 Å². The second-order valence-electron chi connectivity index (χ2n) is 2.73. The largest absolute Gasteiger partial charge is 0.0581 e. The molecule has 45 valence electrons. The maximum Gasteiger partial charge on any atom is -0.0147 e. The highest BCUT2D eigenvalue weighted by Gasteiger charge is 2.19. The van der Waals surface area contributed by atoms with E-state index in [2.05, 4.69) is 25.1 Å². The first-order valence-electron chi connectivity index (χ1n) is 3.37. The highest BCUT2D eigenvalue weighted by Crippen LogP contribution is 2.33. The molecule has 0 saturated carbocycles. The van der Waals surface area contributed by atoms with Crippen LogP contribution in [0.5, 0.6) is 0 Å². The van der Waals surface area contributed by atoms with E-state index in [1.807, 2.05) is 6.07 Å². The highest BCUT2D eigenvalue weighted by atomic mass is 14.2. The lowest BCUT2D eigenvalue weighted by atomic mass is 9.79. The van der Waals surface area contributed by atoms with Gasteiger partial charge in [-0.2, -0.15) is 0 Å². The van der Waals surface area contributed by atoms with E-state index < -0.39 is 0 Å². The van der Waals surface area contributed by atoms with Gasteiger partial charge in [-0.05, 0) is 29.5 Å². The van der Waals surface area contributed by atoms with E-state index in [-0.39, 0.29) is 0 Å². The Balaban J connectivity index is 2.51. The fourth-order valence-electron chi connectivity index (χ4n) is 1.44. The Bertz CT molecular complexity index is 225. The van der Waals surface area contributed by atoms with Crippen LogP contribution in [0, 0.1) is 6.07 Å². The molecule has 1 radical (unpaired) electrons. The normalized spacial score (nSPS) is 22.6. The summed E-state index contributed by atoms with van der Waals surface area (Å²) in [6.45, 7) is 2.27. The summed E-state index contributed by atoms with van der Waals surface area (Å²) >= 11 is 0. The topological polar surface area (TPSA) is 0 Å². The van der Waals surface area contributed by atoms with Crippen molar-refractivity contribution in [1.82, 2.24) is 0 Å². The molecule has 0 spiro atoms. The molecule has 1 aliphatic carbocycles. The van der Waals surface area contributed by atoms with Crippen LogP contribution in [0.3, 0.4) is 0 Å². The smallest absolute Gasteiger partial charge is 0.0147 e. The van der Waals surface area contributed by atoms with Gasteiger partial charge in [0.25, 0.3) is 0 Å². The first-order valence-corrected chi connectivity index (χ1v) is 3.37. The van der Waals surface area contributed by atoms with Gasteiger partial charge in [0.1, 0.15) is 0 Å². The molecule has 0 aromatic heterocycles. The van der Waals surface area contributed by atoms with Gasteiger partial charge in [0.15, 0.2) is 0 Å². The summed E-state index contributed by atoms with van der Waals surface area (Å²) in [4.78, 5) is 0. The summed E-state index contributed by atoms with van der Waals surface area (Å²) in [6, 6.07) is 9.33. The maximum absolute atomic E-state index is 3.07. The Labute approximate surface area is 55.5 Å². The van der Waals surface area contributed by atoms with Crippen molar-refractivity contribution in [3.05, 3.63) is 35.4 Å². The lowest BCUT2D eigenvalue weighted by Gasteiger charge is -2.25. The molecular weight excluding hydrogens is 108 g/mol. The van der Waals surface area contributed by atoms with Gasteiger partial charge in [-0.25, -0.2) is 0 Å². The van der Waals surface area contributed by atoms with Gasteiger partial charge in [-0.1, -0.05) is 25.1 Å². The Morgan fingerprint density at radius 3 is 3.11 bits per heavy atom. The van der Waals surface area contributed by atoms with Crippen LogP contribution < -0.4 is 0 Å². The van der Waals surface area contributed by atoms with E-state index >= 15 is 0 Å². The van der Waals surface area contributed by atoms with Gasteiger partial charge in [0.05, 0.1) is 0 Å². The van der Waals surface area contributed by atoms with E-state index in [0.717, 1.165) is 5.92 Å². The Morgan fingerprint density at radius 2 is 2.56 bits per heavy atom. The SMILES string of the molecule is CC1Cc2c[c]ccc21. The molecule has 1 aliphatic rings. The molecule has 0 saturated heterocycles. The van der Waals surface area contributed by atoms with Gasteiger partial charge in [-0.3, -0.25) is 0 Å². The standard InChI is InChI=1S/C9H9/c1-7-6-8-4-2-3-5-9(7)8/h3-5,7H,6H2,1H3. The van der Waals surface area contributed by atoms with Crippen LogP contribution in [0.25, 0.3) is 0 Å². The molecule has 0 N–H and O–H groups in total. The molecule has 1 unspecified atom stereocenters. The number of hydrogen-bond acceptors (Lipinski definition) is 0. The third-order valence-electron chi connectivity index (χ3n) is 2.04. The quantitative estimate of drug-likeness (QED) is 0.488. The monoisotopic (exact) mass is 117 g/mol. The number of benzene rings is 1. The van der Waals surface area contributed by atoms with E-state index in [4.69, 9.17) is 0 Å².